The molecule has 3 saturated heterocycles. The van der Waals surface area contributed by atoms with E-state index in [-0.39, 0.29) is 24.1 Å². The molecule has 0 aliphatic carbocycles. The fraction of sp³-hybridized carbons (Fsp3) is 0.448. The molecule has 8 heteroatoms. The number of carbonyl (C=O) groups excluding carboxylic acids is 2. The fourth-order valence-corrected chi connectivity index (χ4v) is 6.97. The molecule has 3 fully saturated rings. The van der Waals surface area contributed by atoms with E-state index in [0.29, 0.717) is 25.0 Å². The van der Waals surface area contributed by atoms with Crippen LogP contribution in [0.25, 0.3) is 10.1 Å². The Kier molecular flexibility index (Phi) is 7.13. The van der Waals surface area contributed by atoms with Gasteiger partial charge < -0.3 is 24.6 Å². The summed E-state index contributed by atoms with van der Waals surface area (Å²) in [7, 11) is 0. The number of carbonyl (C=O) groups is 2. The lowest BCUT2D eigenvalue weighted by Gasteiger charge is -2.25. The van der Waals surface area contributed by atoms with Gasteiger partial charge in [-0.05, 0) is 41.3 Å². The minimum absolute atomic E-state index is 0.109. The summed E-state index contributed by atoms with van der Waals surface area (Å²) in [6.07, 6.45) is 1.03. The van der Waals surface area contributed by atoms with Crippen molar-refractivity contribution in [3.8, 4) is 0 Å². The summed E-state index contributed by atoms with van der Waals surface area (Å²) < 4.78 is 12.0. The Hall–Kier alpha value is -2.94. The number of nitrogens with zero attached hydrogens (tertiary/aromatic N) is 2. The highest BCUT2D eigenvalue weighted by atomic mass is 32.1. The summed E-state index contributed by atoms with van der Waals surface area (Å²) >= 11 is 1.59. The SMILES string of the molecule is O=C(NC(CCN1CC2CN(C(=O)c3cc4ccccc4s3)C[C@@H]2C1)c1ccccc1)OC1CCOC1. The Bertz CT molecular complexity index is 1200. The van der Waals surface area contributed by atoms with Gasteiger partial charge in [-0.3, -0.25) is 4.79 Å². The zero-order valence-corrected chi connectivity index (χ0v) is 21.7. The Labute approximate surface area is 221 Å². The molecule has 37 heavy (non-hydrogen) atoms. The molecule has 2 aromatic carbocycles. The third-order valence-electron chi connectivity index (χ3n) is 7.88. The molecule has 0 spiro atoms. The van der Waals surface area contributed by atoms with Gasteiger partial charge in [0.2, 0.25) is 0 Å². The molecule has 1 N–H and O–H groups in total. The third kappa shape index (κ3) is 5.51. The summed E-state index contributed by atoms with van der Waals surface area (Å²) in [6, 6.07) is 20.2. The van der Waals surface area contributed by atoms with Crippen LogP contribution in [-0.4, -0.2) is 73.8 Å². The maximum Gasteiger partial charge on any atom is 0.407 e. The first-order valence-corrected chi connectivity index (χ1v) is 14.0. The number of ether oxygens (including phenoxy) is 2. The molecule has 0 radical (unpaired) electrons. The number of hydrogen-bond donors (Lipinski definition) is 1. The van der Waals surface area contributed by atoms with Crippen molar-refractivity contribution < 1.29 is 19.1 Å². The van der Waals surface area contributed by atoms with Gasteiger partial charge in [0.1, 0.15) is 6.10 Å². The Balaban J connectivity index is 1.03. The third-order valence-corrected chi connectivity index (χ3v) is 8.98. The number of alkyl carbamates (subject to hydrolysis) is 1. The summed E-state index contributed by atoms with van der Waals surface area (Å²) in [4.78, 5) is 31.1. The quantitative estimate of drug-likeness (QED) is 0.496. The molecular weight excluding hydrogens is 486 g/mol. The molecule has 0 bridgehead atoms. The maximum atomic E-state index is 13.2. The van der Waals surface area contributed by atoms with Crippen molar-refractivity contribution in [2.24, 2.45) is 11.8 Å². The molecule has 0 saturated carbocycles. The monoisotopic (exact) mass is 519 g/mol. The lowest BCUT2D eigenvalue weighted by molar-refractivity contribution is 0.0778. The van der Waals surface area contributed by atoms with Crippen LogP contribution in [0.3, 0.4) is 0 Å². The molecule has 2 amide bonds. The number of benzene rings is 2. The molecule has 7 nitrogen and oxygen atoms in total. The van der Waals surface area contributed by atoms with Gasteiger partial charge in [-0.15, -0.1) is 11.3 Å². The second-order valence-corrected chi connectivity index (χ2v) is 11.5. The molecule has 194 valence electrons. The zero-order valence-electron chi connectivity index (χ0n) is 20.9. The van der Waals surface area contributed by atoms with Crippen molar-refractivity contribution in [3.05, 3.63) is 71.1 Å². The van der Waals surface area contributed by atoms with Crippen LogP contribution in [0.5, 0.6) is 0 Å². The highest BCUT2D eigenvalue weighted by Crippen LogP contribution is 2.34. The van der Waals surface area contributed by atoms with Gasteiger partial charge in [0.05, 0.1) is 24.1 Å². The first kappa shape index (κ1) is 24.4. The van der Waals surface area contributed by atoms with Crippen LogP contribution < -0.4 is 5.32 Å². The van der Waals surface area contributed by atoms with Crippen LogP contribution in [0.2, 0.25) is 0 Å². The zero-order chi connectivity index (χ0) is 25.2. The van der Waals surface area contributed by atoms with E-state index in [2.05, 4.69) is 39.4 Å². The number of nitrogens with one attached hydrogen (secondary N) is 1. The summed E-state index contributed by atoms with van der Waals surface area (Å²) in [5.74, 6) is 1.18. The number of thiophene rings is 1. The Morgan fingerprint density at radius 1 is 1.03 bits per heavy atom. The van der Waals surface area contributed by atoms with Crippen LogP contribution in [-0.2, 0) is 9.47 Å². The van der Waals surface area contributed by atoms with E-state index in [9.17, 15) is 9.59 Å². The van der Waals surface area contributed by atoms with Crippen molar-refractivity contribution in [1.29, 1.82) is 0 Å². The smallest absolute Gasteiger partial charge is 0.407 e. The predicted octanol–water partition coefficient (Wildman–Crippen LogP) is 4.55. The average molecular weight is 520 g/mol. The van der Waals surface area contributed by atoms with Crippen molar-refractivity contribution in [2.75, 3.05) is 45.9 Å². The molecule has 3 aliphatic heterocycles. The number of hydrogen-bond acceptors (Lipinski definition) is 6. The standard InChI is InChI=1S/C29H33N3O4S/c33-28(27-14-21-8-4-5-9-26(21)37-27)32-17-22-15-31(16-23(22)18-32)12-10-25(20-6-2-1-3-7-20)30-29(34)36-24-11-13-35-19-24/h1-9,14,22-25H,10-13,15-19H2,(H,30,34)/t22-,23?,24?,25?/m0/s1. The van der Waals surface area contributed by atoms with E-state index in [1.165, 1.54) is 4.70 Å². The molecule has 4 atom stereocenters. The van der Waals surface area contributed by atoms with Gasteiger partial charge in [0.15, 0.2) is 0 Å². The maximum absolute atomic E-state index is 13.2. The van der Waals surface area contributed by atoms with E-state index in [0.717, 1.165) is 61.4 Å². The van der Waals surface area contributed by atoms with E-state index >= 15 is 0 Å². The Morgan fingerprint density at radius 3 is 2.51 bits per heavy atom. The summed E-state index contributed by atoms with van der Waals surface area (Å²) in [5, 5.41) is 4.23. The second-order valence-electron chi connectivity index (χ2n) is 10.4. The average Bonchev–Trinajstić information content (AvgIpc) is 3.70. The van der Waals surface area contributed by atoms with Gasteiger partial charge in [0.25, 0.3) is 5.91 Å². The van der Waals surface area contributed by atoms with Crippen LogP contribution >= 0.6 is 11.3 Å². The first-order chi connectivity index (χ1) is 18.1. The van der Waals surface area contributed by atoms with Gasteiger partial charge in [-0.2, -0.15) is 0 Å². The van der Waals surface area contributed by atoms with Gasteiger partial charge in [0, 0.05) is 43.8 Å². The van der Waals surface area contributed by atoms with E-state index < -0.39 is 0 Å². The molecule has 3 aromatic rings. The molecule has 1 aromatic heterocycles. The lowest BCUT2D eigenvalue weighted by atomic mass is 10.0. The normalized spacial score (nSPS) is 24.3. The molecule has 6 rings (SSSR count). The molecular formula is C29H33N3O4S. The van der Waals surface area contributed by atoms with E-state index in [1.54, 1.807) is 11.3 Å². The van der Waals surface area contributed by atoms with E-state index in [4.69, 9.17) is 9.47 Å². The highest BCUT2D eigenvalue weighted by molar-refractivity contribution is 7.20. The topological polar surface area (TPSA) is 71.1 Å². The number of fused-ring (bicyclic) bond motifs is 2. The highest BCUT2D eigenvalue weighted by Gasteiger charge is 2.42. The van der Waals surface area contributed by atoms with Crippen LogP contribution in [0.15, 0.2) is 60.7 Å². The largest absolute Gasteiger partial charge is 0.444 e. The van der Waals surface area contributed by atoms with Crippen molar-refractivity contribution in [1.82, 2.24) is 15.1 Å². The second kappa shape index (κ2) is 10.8. The molecule has 3 unspecified atom stereocenters. The summed E-state index contributed by atoms with van der Waals surface area (Å²) in [6.45, 7) is 5.64. The van der Waals surface area contributed by atoms with Crippen LogP contribution in [0.4, 0.5) is 4.79 Å². The van der Waals surface area contributed by atoms with Crippen LogP contribution in [0.1, 0.15) is 34.1 Å². The lowest BCUT2D eigenvalue weighted by Crippen LogP contribution is -2.36. The summed E-state index contributed by atoms with van der Waals surface area (Å²) in [5.41, 5.74) is 1.08. The van der Waals surface area contributed by atoms with Gasteiger partial charge >= 0.3 is 6.09 Å². The molecule has 4 heterocycles. The first-order valence-electron chi connectivity index (χ1n) is 13.2. The number of rotatable bonds is 7. The fourth-order valence-electron chi connectivity index (χ4n) is 5.93. The van der Waals surface area contributed by atoms with Crippen molar-refractivity contribution in [2.45, 2.75) is 25.0 Å². The Morgan fingerprint density at radius 2 is 1.78 bits per heavy atom. The van der Waals surface area contributed by atoms with Crippen molar-refractivity contribution in [3.63, 3.8) is 0 Å². The minimum Gasteiger partial charge on any atom is -0.444 e. The minimum atomic E-state index is -0.377. The predicted molar refractivity (Wildman–Crippen MR) is 144 cm³/mol. The van der Waals surface area contributed by atoms with Crippen LogP contribution in [0, 0.1) is 11.8 Å². The number of likely N-dealkylation sites (tertiary alicyclic amines) is 2. The molecule has 3 aliphatic rings. The number of amides is 2. The van der Waals surface area contributed by atoms with E-state index in [1.807, 2.05) is 36.4 Å². The van der Waals surface area contributed by atoms with Crippen molar-refractivity contribution >= 4 is 33.4 Å². The van der Waals surface area contributed by atoms with Gasteiger partial charge in [-0.25, -0.2) is 4.79 Å². The van der Waals surface area contributed by atoms with Gasteiger partial charge in [-0.1, -0.05) is 48.5 Å².